The standard InChI is InChI=1S/C23H31N3O4/c1-3-24-23(26-19-7-4-8-20(16-19)28-12-5-11-27-2)25-17-18-9-10-21-22(15-18)30-14-6-13-29-21/h4,7-10,15-16H,3,5-6,11-14,17H2,1-2H3,(H2,24,25,26). The van der Waals surface area contributed by atoms with Gasteiger partial charge in [-0.3, -0.25) is 0 Å². The molecule has 0 spiro atoms. The number of hydrogen-bond acceptors (Lipinski definition) is 5. The van der Waals surface area contributed by atoms with Crippen LogP contribution < -0.4 is 24.8 Å². The first-order chi connectivity index (χ1) is 14.8. The maximum Gasteiger partial charge on any atom is 0.196 e. The van der Waals surface area contributed by atoms with Crippen molar-refractivity contribution >= 4 is 11.6 Å². The van der Waals surface area contributed by atoms with Crippen LogP contribution in [0.5, 0.6) is 17.2 Å². The Bertz CT molecular complexity index is 826. The van der Waals surface area contributed by atoms with E-state index in [1.54, 1.807) is 7.11 Å². The number of benzene rings is 2. The zero-order valence-electron chi connectivity index (χ0n) is 17.8. The first kappa shape index (κ1) is 21.8. The van der Waals surface area contributed by atoms with Crippen LogP contribution in [0, 0.1) is 0 Å². The van der Waals surface area contributed by atoms with Gasteiger partial charge in [-0.1, -0.05) is 12.1 Å². The average molecular weight is 414 g/mol. The summed E-state index contributed by atoms with van der Waals surface area (Å²) in [6.45, 7) is 6.01. The molecule has 1 aliphatic heterocycles. The van der Waals surface area contributed by atoms with Crippen molar-refractivity contribution in [1.82, 2.24) is 5.32 Å². The summed E-state index contributed by atoms with van der Waals surface area (Å²) in [7, 11) is 1.69. The fourth-order valence-corrected chi connectivity index (χ4v) is 2.98. The highest BCUT2D eigenvalue weighted by Crippen LogP contribution is 2.30. The molecule has 2 aromatic rings. The molecule has 7 nitrogen and oxygen atoms in total. The Labute approximate surface area is 178 Å². The van der Waals surface area contributed by atoms with Crippen LogP contribution in [-0.2, 0) is 11.3 Å². The van der Waals surface area contributed by atoms with Crippen molar-refractivity contribution in [1.29, 1.82) is 0 Å². The minimum Gasteiger partial charge on any atom is -0.493 e. The second-order valence-corrected chi connectivity index (χ2v) is 6.87. The van der Waals surface area contributed by atoms with Gasteiger partial charge in [0, 0.05) is 44.9 Å². The van der Waals surface area contributed by atoms with Gasteiger partial charge >= 0.3 is 0 Å². The summed E-state index contributed by atoms with van der Waals surface area (Å²) < 4.78 is 22.3. The van der Waals surface area contributed by atoms with Crippen molar-refractivity contribution in [3.8, 4) is 17.2 Å². The van der Waals surface area contributed by atoms with Crippen molar-refractivity contribution in [3.05, 3.63) is 48.0 Å². The molecule has 0 amide bonds. The van der Waals surface area contributed by atoms with Gasteiger partial charge in [-0.15, -0.1) is 0 Å². The molecular weight excluding hydrogens is 382 g/mol. The number of rotatable bonds is 9. The highest BCUT2D eigenvalue weighted by atomic mass is 16.5. The molecule has 0 fully saturated rings. The smallest absolute Gasteiger partial charge is 0.196 e. The lowest BCUT2D eigenvalue weighted by molar-refractivity contribution is 0.172. The molecule has 3 rings (SSSR count). The van der Waals surface area contributed by atoms with Crippen LogP contribution in [-0.4, -0.2) is 46.0 Å². The van der Waals surface area contributed by atoms with Gasteiger partial charge in [0.1, 0.15) is 5.75 Å². The van der Waals surface area contributed by atoms with Crippen LogP contribution in [0.3, 0.4) is 0 Å². The number of methoxy groups -OCH3 is 1. The first-order valence-corrected chi connectivity index (χ1v) is 10.4. The quantitative estimate of drug-likeness (QED) is 0.370. The second kappa shape index (κ2) is 11.9. The van der Waals surface area contributed by atoms with Gasteiger partial charge in [0.2, 0.25) is 0 Å². The normalized spacial score (nSPS) is 13.5. The van der Waals surface area contributed by atoms with E-state index in [1.807, 2.05) is 49.4 Å². The van der Waals surface area contributed by atoms with E-state index in [-0.39, 0.29) is 0 Å². The number of guanidine groups is 1. The summed E-state index contributed by atoms with van der Waals surface area (Å²) in [4.78, 5) is 4.71. The van der Waals surface area contributed by atoms with Crippen LogP contribution >= 0.6 is 0 Å². The topological polar surface area (TPSA) is 73.3 Å². The molecule has 162 valence electrons. The molecular formula is C23H31N3O4. The summed E-state index contributed by atoms with van der Waals surface area (Å²) in [5.41, 5.74) is 1.98. The van der Waals surface area contributed by atoms with Crippen molar-refractivity contribution < 1.29 is 18.9 Å². The monoisotopic (exact) mass is 413 g/mol. The van der Waals surface area contributed by atoms with Gasteiger partial charge in [-0.05, 0) is 36.8 Å². The lowest BCUT2D eigenvalue weighted by atomic mass is 10.2. The Balaban J connectivity index is 1.63. The number of fused-ring (bicyclic) bond motifs is 1. The molecule has 0 bridgehead atoms. The molecule has 1 aliphatic rings. The third-order valence-corrected chi connectivity index (χ3v) is 4.43. The third-order valence-electron chi connectivity index (χ3n) is 4.43. The molecule has 0 unspecified atom stereocenters. The summed E-state index contributed by atoms with van der Waals surface area (Å²) in [5, 5.41) is 6.62. The number of nitrogens with zero attached hydrogens (tertiary/aromatic N) is 1. The lowest BCUT2D eigenvalue weighted by Gasteiger charge is -2.13. The van der Waals surface area contributed by atoms with Gasteiger partial charge < -0.3 is 29.6 Å². The number of anilines is 1. The summed E-state index contributed by atoms with van der Waals surface area (Å²) in [5.74, 6) is 3.11. The Morgan fingerprint density at radius 1 is 1.07 bits per heavy atom. The van der Waals surface area contributed by atoms with E-state index in [4.69, 9.17) is 23.9 Å². The van der Waals surface area contributed by atoms with Crippen LogP contribution in [0.1, 0.15) is 25.3 Å². The van der Waals surface area contributed by atoms with E-state index >= 15 is 0 Å². The van der Waals surface area contributed by atoms with E-state index in [1.165, 1.54) is 0 Å². The summed E-state index contributed by atoms with van der Waals surface area (Å²) in [6.07, 6.45) is 1.75. The predicted molar refractivity (Wildman–Crippen MR) is 119 cm³/mol. The Morgan fingerprint density at radius 2 is 1.93 bits per heavy atom. The molecule has 0 aliphatic carbocycles. The minimum absolute atomic E-state index is 0.527. The molecule has 0 aromatic heterocycles. The molecule has 0 atom stereocenters. The molecule has 1 heterocycles. The largest absolute Gasteiger partial charge is 0.493 e. The van der Waals surface area contributed by atoms with E-state index in [0.717, 1.165) is 47.9 Å². The molecule has 2 aromatic carbocycles. The SMILES string of the molecule is CCNC(=NCc1ccc2c(c1)OCCCO2)Nc1cccc(OCCCOC)c1. The van der Waals surface area contributed by atoms with Crippen molar-refractivity contribution in [2.45, 2.75) is 26.3 Å². The van der Waals surface area contributed by atoms with Crippen molar-refractivity contribution in [2.75, 3.05) is 45.4 Å². The number of aliphatic imine (C=N–C) groups is 1. The third kappa shape index (κ3) is 6.84. The van der Waals surface area contributed by atoms with Gasteiger partial charge in [0.25, 0.3) is 0 Å². The molecule has 0 saturated heterocycles. The zero-order chi connectivity index (χ0) is 21.0. The van der Waals surface area contributed by atoms with Gasteiger partial charge in [0.05, 0.1) is 26.4 Å². The van der Waals surface area contributed by atoms with Gasteiger partial charge in [-0.25, -0.2) is 4.99 Å². The molecule has 2 N–H and O–H groups in total. The fraction of sp³-hybridized carbons (Fsp3) is 0.435. The number of nitrogens with one attached hydrogen (secondary N) is 2. The van der Waals surface area contributed by atoms with E-state index in [0.29, 0.717) is 38.9 Å². The molecule has 0 radical (unpaired) electrons. The minimum atomic E-state index is 0.527. The Hall–Kier alpha value is -2.93. The van der Waals surface area contributed by atoms with E-state index < -0.39 is 0 Å². The molecule has 0 saturated carbocycles. The van der Waals surface area contributed by atoms with E-state index in [9.17, 15) is 0 Å². The highest BCUT2D eigenvalue weighted by Gasteiger charge is 2.10. The lowest BCUT2D eigenvalue weighted by Crippen LogP contribution is -2.30. The van der Waals surface area contributed by atoms with Crippen molar-refractivity contribution in [3.63, 3.8) is 0 Å². The fourth-order valence-electron chi connectivity index (χ4n) is 2.98. The van der Waals surface area contributed by atoms with Gasteiger partial charge in [0.15, 0.2) is 17.5 Å². The average Bonchev–Trinajstić information content (AvgIpc) is 3.00. The van der Waals surface area contributed by atoms with Crippen LogP contribution in [0.15, 0.2) is 47.5 Å². The zero-order valence-corrected chi connectivity index (χ0v) is 17.8. The number of ether oxygens (including phenoxy) is 4. The molecule has 7 heteroatoms. The number of hydrogen-bond donors (Lipinski definition) is 2. The Morgan fingerprint density at radius 3 is 2.77 bits per heavy atom. The maximum absolute atomic E-state index is 5.78. The summed E-state index contributed by atoms with van der Waals surface area (Å²) >= 11 is 0. The van der Waals surface area contributed by atoms with Crippen LogP contribution in [0.2, 0.25) is 0 Å². The first-order valence-electron chi connectivity index (χ1n) is 10.4. The van der Waals surface area contributed by atoms with Gasteiger partial charge in [-0.2, -0.15) is 0 Å². The van der Waals surface area contributed by atoms with Crippen LogP contribution in [0.25, 0.3) is 0 Å². The Kier molecular flexibility index (Phi) is 8.65. The van der Waals surface area contributed by atoms with E-state index in [2.05, 4.69) is 10.6 Å². The van der Waals surface area contributed by atoms with Crippen LogP contribution in [0.4, 0.5) is 5.69 Å². The molecule has 30 heavy (non-hydrogen) atoms. The van der Waals surface area contributed by atoms with Crippen molar-refractivity contribution in [2.24, 2.45) is 4.99 Å². The maximum atomic E-state index is 5.78. The second-order valence-electron chi connectivity index (χ2n) is 6.87. The predicted octanol–water partition coefficient (Wildman–Crippen LogP) is 3.84. The summed E-state index contributed by atoms with van der Waals surface area (Å²) in [6, 6.07) is 13.8. The highest BCUT2D eigenvalue weighted by molar-refractivity contribution is 5.93.